The van der Waals surface area contributed by atoms with Crippen molar-refractivity contribution in [3.63, 3.8) is 0 Å². The number of benzene rings is 1. The first-order valence-electron chi connectivity index (χ1n) is 5.63. The van der Waals surface area contributed by atoms with E-state index in [1.165, 1.54) is 5.56 Å². The second kappa shape index (κ2) is 7.23. The van der Waals surface area contributed by atoms with Gasteiger partial charge in [-0.1, -0.05) is 22.9 Å². The third-order valence-corrected chi connectivity index (χ3v) is 3.38. The zero-order valence-electron chi connectivity index (χ0n) is 9.87. The van der Waals surface area contributed by atoms with Gasteiger partial charge in [-0.25, -0.2) is 0 Å². The van der Waals surface area contributed by atoms with Crippen LogP contribution in [0.15, 0.2) is 22.7 Å². The molecule has 0 N–H and O–H groups in total. The number of aryl methyl sites for hydroxylation is 1. The minimum atomic E-state index is 0.688. The topological polar surface area (TPSA) is 9.23 Å². The van der Waals surface area contributed by atoms with Crippen molar-refractivity contribution in [1.82, 2.24) is 0 Å². The fraction of sp³-hybridized carbons (Fsp3) is 0.538. The highest BCUT2D eigenvalue weighted by Gasteiger charge is 2.03. The summed E-state index contributed by atoms with van der Waals surface area (Å²) in [4.78, 5) is 0. The highest BCUT2D eigenvalue weighted by atomic mass is 79.9. The molecule has 0 spiro atoms. The summed E-state index contributed by atoms with van der Waals surface area (Å²) in [5, 5.41) is 0. The molecule has 3 heteroatoms. The Bertz CT molecular complexity index is 328. The third-order valence-electron chi connectivity index (χ3n) is 2.63. The Hall–Kier alpha value is -0.150. The van der Waals surface area contributed by atoms with Crippen molar-refractivity contribution in [3.05, 3.63) is 28.2 Å². The molecule has 0 bridgehead atoms. The lowest BCUT2D eigenvalue weighted by Crippen LogP contribution is -2.05. The van der Waals surface area contributed by atoms with Crippen LogP contribution >= 0.6 is 28.6 Å². The average molecular weight is 303 g/mol. The van der Waals surface area contributed by atoms with Crippen molar-refractivity contribution >= 4 is 28.6 Å². The minimum absolute atomic E-state index is 0.688. The number of ether oxygens (including phenoxy) is 1. The van der Waals surface area contributed by atoms with Gasteiger partial charge < -0.3 is 4.74 Å². The van der Waals surface area contributed by atoms with Gasteiger partial charge in [-0.15, -0.1) is 0 Å². The molecule has 1 unspecified atom stereocenters. The summed E-state index contributed by atoms with van der Waals surface area (Å²) in [6, 6.07) is 6.11. The van der Waals surface area contributed by atoms with Crippen molar-refractivity contribution in [1.29, 1.82) is 0 Å². The number of halogens is 1. The molecule has 90 valence electrons. The van der Waals surface area contributed by atoms with E-state index in [0.717, 1.165) is 35.4 Å². The molecule has 16 heavy (non-hydrogen) atoms. The smallest absolute Gasteiger partial charge is 0.122 e. The highest BCUT2D eigenvalue weighted by molar-refractivity contribution is 9.10. The Labute approximate surface area is 112 Å². The van der Waals surface area contributed by atoms with Crippen LogP contribution in [0.5, 0.6) is 5.75 Å². The van der Waals surface area contributed by atoms with E-state index in [-0.39, 0.29) is 0 Å². The van der Waals surface area contributed by atoms with Crippen LogP contribution in [0.25, 0.3) is 0 Å². The highest BCUT2D eigenvalue weighted by Crippen LogP contribution is 2.22. The molecule has 0 saturated heterocycles. The first kappa shape index (κ1) is 13.9. The van der Waals surface area contributed by atoms with Gasteiger partial charge in [-0.2, -0.15) is 12.6 Å². The average Bonchev–Trinajstić information content (AvgIpc) is 2.22. The molecule has 0 aromatic heterocycles. The summed E-state index contributed by atoms with van der Waals surface area (Å²) in [6.45, 7) is 5.10. The van der Waals surface area contributed by atoms with E-state index in [1.54, 1.807) is 0 Å². The lowest BCUT2D eigenvalue weighted by Gasteiger charge is -2.12. The van der Waals surface area contributed by atoms with E-state index in [9.17, 15) is 0 Å². The first-order chi connectivity index (χ1) is 7.63. The zero-order valence-corrected chi connectivity index (χ0v) is 12.4. The van der Waals surface area contributed by atoms with Gasteiger partial charge in [0.15, 0.2) is 0 Å². The second-order valence-corrected chi connectivity index (χ2v) is 5.53. The van der Waals surface area contributed by atoms with Crippen LogP contribution in [0, 0.1) is 12.8 Å². The maximum absolute atomic E-state index is 5.76. The van der Waals surface area contributed by atoms with Crippen LogP contribution < -0.4 is 4.74 Å². The molecule has 0 amide bonds. The minimum Gasteiger partial charge on any atom is -0.493 e. The third kappa shape index (κ3) is 4.79. The maximum Gasteiger partial charge on any atom is 0.122 e. The summed E-state index contributed by atoms with van der Waals surface area (Å²) < 4.78 is 6.86. The molecule has 1 atom stereocenters. The number of hydrogen-bond acceptors (Lipinski definition) is 2. The summed E-state index contributed by atoms with van der Waals surface area (Å²) in [7, 11) is 0. The normalized spacial score (nSPS) is 12.5. The van der Waals surface area contributed by atoms with E-state index >= 15 is 0 Å². The predicted octanol–water partition coefficient (Wildman–Crippen LogP) is 4.48. The largest absolute Gasteiger partial charge is 0.493 e. The molecule has 0 fully saturated rings. The lowest BCUT2D eigenvalue weighted by molar-refractivity contribution is 0.280. The van der Waals surface area contributed by atoms with Crippen molar-refractivity contribution < 1.29 is 4.74 Å². The number of rotatable bonds is 6. The Morgan fingerprint density at radius 2 is 2.12 bits per heavy atom. The molecule has 0 saturated carbocycles. The van der Waals surface area contributed by atoms with Crippen molar-refractivity contribution in [3.8, 4) is 5.75 Å². The lowest BCUT2D eigenvalue weighted by atomic mass is 10.1. The molecule has 1 aromatic rings. The molecule has 0 aliphatic rings. The molecular formula is C13H19BrOS. The Morgan fingerprint density at radius 3 is 2.75 bits per heavy atom. The fourth-order valence-electron chi connectivity index (χ4n) is 1.51. The van der Waals surface area contributed by atoms with Gasteiger partial charge in [0.05, 0.1) is 6.61 Å². The van der Waals surface area contributed by atoms with Crippen LogP contribution in [0.3, 0.4) is 0 Å². The molecule has 0 heterocycles. The van der Waals surface area contributed by atoms with E-state index in [2.05, 4.69) is 48.5 Å². The summed E-state index contributed by atoms with van der Waals surface area (Å²) in [5.74, 6) is 2.63. The summed E-state index contributed by atoms with van der Waals surface area (Å²) in [6.07, 6.45) is 2.25. The van der Waals surface area contributed by atoms with Crippen molar-refractivity contribution in [2.45, 2.75) is 26.7 Å². The molecule has 0 aliphatic heterocycles. The standard InChI is InChI=1S/C13H19BrOS/c1-10(6-8-16)5-7-15-13-4-3-12(14)9-11(13)2/h3-4,9-10,16H,5-8H2,1-2H3. The van der Waals surface area contributed by atoms with Gasteiger partial charge >= 0.3 is 0 Å². The predicted molar refractivity (Wildman–Crippen MR) is 76.6 cm³/mol. The SMILES string of the molecule is Cc1cc(Br)ccc1OCCC(C)CCS. The van der Waals surface area contributed by atoms with Crippen LogP contribution in [0.1, 0.15) is 25.3 Å². The van der Waals surface area contributed by atoms with Gasteiger partial charge in [0.1, 0.15) is 5.75 Å². The molecule has 0 radical (unpaired) electrons. The maximum atomic E-state index is 5.76. The Kier molecular flexibility index (Phi) is 6.29. The quantitative estimate of drug-likeness (QED) is 0.762. The molecule has 0 aliphatic carbocycles. The van der Waals surface area contributed by atoms with Crippen LogP contribution in [0.4, 0.5) is 0 Å². The van der Waals surface area contributed by atoms with Gasteiger partial charge in [0.2, 0.25) is 0 Å². The Balaban J connectivity index is 2.37. The fourth-order valence-corrected chi connectivity index (χ4v) is 2.43. The Morgan fingerprint density at radius 1 is 1.38 bits per heavy atom. The van der Waals surface area contributed by atoms with Crippen LogP contribution in [-0.4, -0.2) is 12.4 Å². The van der Waals surface area contributed by atoms with E-state index < -0.39 is 0 Å². The molecule has 1 aromatic carbocycles. The van der Waals surface area contributed by atoms with Crippen LogP contribution in [-0.2, 0) is 0 Å². The molecule has 1 nitrogen and oxygen atoms in total. The van der Waals surface area contributed by atoms with Gasteiger partial charge in [0.25, 0.3) is 0 Å². The first-order valence-corrected chi connectivity index (χ1v) is 7.06. The monoisotopic (exact) mass is 302 g/mol. The summed E-state index contributed by atoms with van der Waals surface area (Å²) >= 11 is 7.68. The van der Waals surface area contributed by atoms with Crippen molar-refractivity contribution in [2.75, 3.05) is 12.4 Å². The van der Waals surface area contributed by atoms with Crippen molar-refractivity contribution in [2.24, 2.45) is 5.92 Å². The summed E-state index contributed by atoms with van der Waals surface area (Å²) in [5.41, 5.74) is 1.18. The number of thiol groups is 1. The molecular weight excluding hydrogens is 284 g/mol. The second-order valence-electron chi connectivity index (χ2n) is 4.16. The van der Waals surface area contributed by atoms with Crippen LogP contribution in [0.2, 0.25) is 0 Å². The zero-order chi connectivity index (χ0) is 12.0. The number of hydrogen-bond donors (Lipinski definition) is 1. The van der Waals surface area contributed by atoms with Gasteiger partial charge in [-0.05, 0) is 55.2 Å². The van der Waals surface area contributed by atoms with Gasteiger partial charge in [-0.3, -0.25) is 0 Å². The van der Waals surface area contributed by atoms with Gasteiger partial charge in [0, 0.05) is 4.47 Å². The van der Waals surface area contributed by atoms with E-state index in [1.807, 2.05) is 12.1 Å². The van der Waals surface area contributed by atoms with E-state index in [0.29, 0.717) is 5.92 Å². The molecule has 1 rings (SSSR count). The van der Waals surface area contributed by atoms with E-state index in [4.69, 9.17) is 4.74 Å².